The van der Waals surface area contributed by atoms with E-state index in [0.29, 0.717) is 17.9 Å². The third-order valence-electron chi connectivity index (χ3n) is 2.31. The van der Waals surface area contributed by atoms with Crippen LogP contribution in [-0.2, 0) is 0 Å². The van der Waals surface area contributed by atoms with E-state index in [0.717, 1.165) is 6.42 Å². The van der Waals surface area contributed by atoms with Gasteiger partial charge in [-0.25, -0.2) is 0 Å². The summed E-state index contributed by atoms with van der Waals surface area (Å²) < 4.78 is 0. The molecule has 0 heterocycles. The molecule has 0 atom stereocenters. The first-order valence-electron chi connectivity index (χ1n) is 5.13. The topological polar surface area (TPSA) is 37.3 Å². The molecule has 0 aromatic heterocycles. The molecule has 4 heteroatoms. The number of hydrogen-bond acceptors (Lipinski definition) is 2. The van der Waals surface area contributed by atoms with Gasteiger partial charge in [0, 0.05) is 12.0 Å². The summed E-state index contributed by atoms with van der Waals surface area (Å²) in [6.07, 6.45) is 1.26. The van der Waals surface area contributed by atoms with E-state index in [4.69, 9.17) is 23.2 Å². The second kappa shape index (κ2) is 5.55. The number of carbonyl (C=O) groups is 1. The van der Waals surface area contributed by atoms with Gasteiger partial charge in [0.25, 0.3) is 0 Å². The molecule has 16 heavy (non-hydrogen) atoms. The molecule has 0 aliphatic heterocycles. The Bertz CT molecular complexity index is 400. The predicted molar refractivity (Wildman–Crippen MR) is 66.5 cm³/mol. The highest BCUT2D eigenvalue weighted by Crippen LogP contribution is 2.34. The number of phenols is 1. The Kier molecular flexibility index (Phi) is 4.63. The number of benzene rings is 1. The summed E-state index contributed by atoms with van der Waals surface area (Å²) in [5.74, 6) is 0.322. The minimum absolute atomic E-state index is 0.0389. The fraction of sp³-hybridized carbons (Fsp3) is 0.417. The largest absolute Gasteiger partial charge is 0.506 e. The molecule has 0 bridgehead atoms. The molecule has 0 saturated carbocycles. The molecule has 0 aliphatic carbocycles. The SMILES string of the molecule is CC(C)CCC(=O)c1ccc(O)c(Cl)c1Cl. The zero-order valence-corrected chi connectivity index (χ0v) is 10.8. The van der Waals surface area contributed by atoms with Crippen molar-refractivity contribution >= 4 is 29.0 Å². The molecule has 0 saturated heterocycles. The fourth-order valence-electron chi connectivity index (χ4n) is 1.31. The van der Waals surface area contributed by atoms with E-state index < -0.39 is 0 Å². The second-order valence-electron chi connectivity index (χ2n) is 4.12. The summed E-state index contributed by atoms with van der Waals surface area (Å²) in [5, 5.41) is 9.47. The Hall–Kier alpha value is -0.730. The summed E-state index contributed by atoms with van der Waals surface area (Å²) in [6, 6.07) is 2.89. The second-order valence-corrected chi connectivity index (χ2v) is 4.87. The quantitative estimate of drug-likeness (QED) is 0.819. The summed E-state index contributed by atoms with van der Waals surface area (Å²) in [6.45, 7) is 4.11. The van der Waals surface area contributed by atoms with Gasteiger partial charge in [-0.3, -0.25) is 4.79 Å². The Balaban J connectivity index is 2.88. The van der Waals surface area contributed by atoms with Gasteiger partial charge in [-0.05, 0) is 24.5 Å². The van der Waals surface area contributed by atoms with Crippen LogP contribution >= 0.6 is 23.2 Å². The molecule has 0 amide bonds. The third-order valence-corrected chi connectivity index (χ3v) is 3.18. The number of phenolic OH excluding ortho intramolecular Hbond substituents is 1. The molecule has 0 aliphatic rings. The molecule has 1 rings (SSSR count). The van der Waals surface area contributed by atoms with E-state index >= 15 is 0 Å². The first kappa shape index (κ1) is 13.3. The summed E-state index contributed by atoms with van der Waals surface area (Å²) >= 11 is 11.7. The number of halogens is 2. The summed E-state index contributed by atoms with van der Waals surface area (Å²) in [7, 11) is 0. The predicted octanol–water partition coefficient (Wildman–Crippen LogP) is 4.32. The normalized spacial score (nSPS) is 10.8. The third kappa shape index (κ3) is 3.13. The van der Waals surface area contributed by atoms with Gasteiger partial charge >= 0.3 is 0 Å². The van der Waals surface area contributed by atoms with Gasteiger partial charge in [-0.15, -0.1) is 0 Å². The summed E-state index contributed by atoms with van der Waals surface area (Å²) in [5.41, 5.74) is 0.380. The molecule has 0 radical (unpaired) electrons. The first-order valence-corrected chi connectivity index (χ1v) is 5.89. The van der Waals surface area contributed by atoms with E-state index in [1.54, 1.807) is 0 Å². The maximum absolute atomic E-state index is 11.8. The molecule has 88 valence electrons. The van der Waals surface area contributed by atoms with Crippen LogP contribution < -0.4 is 0 Å². The summed E-state index contributed by atoms with van der Waals surface area (Å²) in [4.78, 5) is 11.8. The fourth-order valence-corrected chi connectivity index (χ4v) is 1.74. The van der Waals surface area contributed by atoms with Crippen molar-refractivity contribution in [2.24, 2.45) is 5.92 Å². The van der Waals surface area contributed by atoms with Crippen LogP contribution in [0.5, 0.6) is 5.75 Å². The smallest absolute Gasteiger partial charge is 0.164 e. The molecule has 0 spiro atoms. The number of carbonyl (C=O) groups excluding carboxylic acids is 1. The standard InChI is InChI=1S/C12H14Cl2O2/c1-7(2)3-5-9(15)8-4-6-10(16)12(14)11(8)13/h4,6-7,16H,3,5H2,1-2H3. The van der Waals surface area contributed by atoms with Crippen LogP contribution in [0.2, 0.25) is 10.0 Å². The van der Waals surface area contributed by atoms with Crippen LogP contribution in [0.1, 0.15) is 37.0 Å². The molecule has 1 aromatic carbocycles. The first-order chi connectivity index (χ1) is 7.43. The van der Waals surface area contributed by atoms with Crippen molar-refractivity contribution in [3.05, 3.63) is 27.7 Å². The number of Topliss-reactive ketones (excluding diaryl/α,β-unsaturated/α-hetero) is 1. The van der Waals surface area contributed by atoms with E-state index in [-0.39, 0.29) is 21.6 Å². The van der Waals surface area contributed by atoms with Gasteiger partial charge in [0.1, 0.15) is 10.8 Å². The van der Waals surface area contributed by atoms with Crippen LogP contribution in [0, 0.1) is 5.92 Å². The van der Waals surface area contributed by atoms with E-state index in [1.807, 2.05) is 0 Å². The van der Waals surface area contributed by atoms with Gasteiger partial charge < -0.3 is 5.11 Å². The number of rotatable bonds is 4. The monoisotopic (exact) mass is 260 g/mol. The Morgan fingerprint density at radius 1 is 1.31 bits per heavy atom. The minimum Gasteiger partial charge on any atom is -0.506 e. The minimum atomic E-state index is -0.105. The van der Waals surface area contributed by atoms with E-state index in [1.165, 1.54) is 12.1 Å². The van der Waals surface area contributed by atoms with Gasteiger partial charge in [0.15, 0.2) is 5.78 Å². The van der Waals surface area contributed by atoms with Crippen LogP contribution in [0.25, 0.3) is 0 Å². The molecular weight excluding hydrogens is 247 g/mol. The Labute approximate surface area is 105 Å². The van der Waals surface area contributed by atoms with E-state index in [9.17, 15) is 9.90 Å². The van der Waals surface area contributed by atoms with Crippen LogP contribution in [-0.4, -0.2) is 10.9 Å². The molecule has 1 aromatic rings. The van der Waals surface area contributed by atoms with Crippen molar-refractivity contribution in [1.29, 1.82) is 0 Å². The molecular formula is C12H14Cl2O2. The zero-order chi connectivity index (χ0) is 12.3. The van der Waals surface area contributed by atoms with Gasteiger partial charge in [-0.2, -0.15) is 0 Å². The van der Waals surface area contributed by atoms with Gasteiger partial charge in [0.2, 0.25) is 0 Å². The highest BCUT2D eigenvalue weighted by atomic mass is 35.5. The van der Waals surface area contributed by atoms with Crippen LogP contribution in [0.15, 0.2) is 12.1 Å². The molecule has 2 nitrogen and oxygen atoms in total. The maximum Gasteiger partial charge on any atom is 0.164 e. The van der Waals surface area contributed by atoms with Crippen molar-refractivity contribution in [2.75, 3.05) is 0 Å². The molecule has 0 fully saturated rings. The van der Waals surface area contributed by atoms with Crippen LogP contribution in [0.3, 0.4) is 0 Å². The highest BCUT2D eigenvalue weighted by molar-refractivity contribution is 6.44. The molecule has 1 N–H and O–H groups in total. The molecule has 0 unspecified atom stereocenters. The van der Waals surface area contributed by atoms with Crippen molar-refractivity contribution in [3.63, 3.8) is 0 Å². The lowest BCUT2D eigenvalue weighted by atomic mass is 10.0. The van der Waals surface area contributed by atoms with Gasteiger partial charge in [0.05, 0.1) is 5.02 Å². The van der Waals surface area contributed by atoms with Gasteiger partial charge in [-0.1, -0.05) is 37.0 Å². The lowest BCUT2D eigenvalue weighted by Gasteiger charge is -2.07. The average molecular weight is 261 g/mol. The Morgan fingerprint density at radius 3 is 2.50 bits per heavy atom. The zero-order valence-electron chi connectivity index (χ0n) is 9.26. The number of ketones is 1. The highest BCUT2D eigenvalue weighted by Gasteiger charge is 2.15. The lowest BCUT2D eigenvalue weighted by molar-refractivity contribution is 0.0975. The van der Waals surface area contributed by atoms with Crippen molar-refractivity contribution < 1.29 is 9.90 Å². The number of aromatic hydroxyl groups is 1. The lowest BCUT2D eigenvalue weighted by Crippen LogP contribution is -2.02. The Morgan fingerprint density at radius 2 is 1.94 bits per heavy atom. The van der Waals surface area contributed by atoms with Crippen molar-refractivity contribution in [2.45, 2.75) is 26.7 Å². The van der Waals surface area contributed by atoms with E-state index in [2.05, 4.69) is 13.8 Å². The number of hydrogen-bond donors (Lipinski definition) is 1. The van der Waals surface area contributed by atoms with Crippen LogP contribution in [0.4, 0.5) is 0 Å². The average Bonchev–Trinajstić information content (AvgIpc) is 2.23. The van der Waals surface area contributed by atoms with Crippen molar-refractivity contribution in [1.82, 2.24) is 0 Å². The van der Waals surface area contributed by atoms with Crippen molar-refractivity contribution in [3.8, 4) is 5.75 Å². The maximum atomic E-state index is 11.8.